The number of aryl methyl sites for hydroxylation is 2. The topological polar surface area (TPSA) is 66.5 Å². The fraction of sp³-hybridized carbons (Fsp3) is 0.588. The highest BCUT2D eigenvalue weighted by Crippen LogP contribution is 2.25. The third-order valence-electron chi connectivity index (χ3n) is 3.57. The molecule has 0 saturated carbocycles. The standard InChI is InChI=1S/C17H28N2O3S/c1-8-15(16(20)18-17(4,5)6)19(23(7,21)22)14-10-9-12(2)13(3)11-14/h9-11,15H,8H2,1-7H3,(H,18,20). The van der Waals surface area contributed by atoms with Gasteiger partial charge in [0, 0.05) is 5.54 Å². The van der Waals surface area contributed by atoms with Gasteiger partial charge < -0.3 is 5.32 Å². The largest absolute Gasteiger partial charge is 0.350 e. The first-order chi connectivity index (χ1) is 10.4. The Morgan fingerprint density at radius 2 is 1.78 bits per heavy atom. The Bertz CT molecular complexity index is 676. The Labute approximate surface area is 140 Å². The molecule has 1 N–H and O–H groups in total. The van der Waals surface area contributed by atoms with Gasteiger partial charge in [-0.15, -0.1) is 0 Å². The Morgan fingerprint density at radius 1 is 1.22 bits per heavy atom. The molecular formula is C17H28N2O3S. The van der Waals surface area contributed by atoms with Crippen molar-refractivity contribution in [1.82, 2.24) is 5.32 Å². The average molecular weight is 340 g/mol. The fourth-order valence-corrected chi connectivity index (χ4v) is 3.58. The summed E-state index contributed by atoms with van der Waals surface area (Å²) in [5.74, 6) is -0.288. The third-order valence-corrected chi connectivity index (χ3v) is 4.75. The predicted molar refractivity (Wildman–Crippen MR) is 95.2 cm³/mol. The summed E-state index contributed by atoms with van der Waals surface area (Å²) in [5.41, 5.74) is 2.17. The van der Waals surface area contributed by atoms with Crippen LogP contribution in [0.2, 0.25) is 0 Å². The van der Waals surface area contributed by atoms with Crippen LogP contribution in [0.4, 0.5) is 5.69 Å². The summed E-state index contributed by atoms with van der Waals surface area (Å²) in [4.78, 5) is 12.6. The van der Waals surface area contributed by atoms with Gasteiger partial charge in [0.1, 0.15) is 6.04 Å². The Hall–Kier alpha value is -1.56. The quantitative estimate of drug-likeness (QED) is 0.896. The van der Waals surface area contributed by atoms with Gasteiger partial charge in [-0.3, -0.25) is 9.10 Å². The summed E-state index contributed by atoms with van der Waals surface area (Å²) in [6.07, 6.45) is 1.52. The smallest absolute Gasteiger partial charge is 0.244 e. The highest BCUT2D eigenvalue weighted by Gasteiger charge is 2.33. The van der Waals surface area contributed by atoms with Crippen molar-refractivity contribution in [3.05, 3.63) is 29.3 Å². The van der Waals surface area contributed by atoms with Crippen LogP contribution < -0.4 is 9.62 Å². The van der Waals surface area contributed by atoms with E-state index in [-0.39, 0.29) is 5.91 Å². The van der Waals surface area contributed by atoms with Crippen molar-refractivity contribution in [3.8, 4) is 0 Å². The Balaban J connectivity index is 3.34. The lowest BCUT2D eigenvalue weighted by atomic mass is 10.1. The molecule has 0 saturated heterocycles. The van der Waals surface area contributed by atoms with E-state index in [0.29, 0.717) is 12.1 Å². The number of carbonyl (C=O) groups excluding carboxylic acids is 1. The number of nitrogens with zero attached hydrogens (tertiary/aromatic N) is 1. The molecule has 1 amide bonds. The molecule has 0 bridgehead atoms. The maximum Gasteiger partial charge on any atom is 0.244 e. The van der Waals surface area contributed by atoms with Crippen LogP contribution >= 0.6 is 0 Å². The number of sulfonamides is 1. The number of hydrogen-bond donors (Lipinski definition) is 1. The van der Waals surface area contributed by atoms with Crippen molar-refractivity contribution in [2.75, 3.05) is 10.6 Å². The minimum Gasteiger partial charge on any atom is -0.350 e. The molecule has 0 aromatic heterocycles. The van der Waals surface area contributed by atoms with E-state index >= 15 is 0 Å². The molecule has 0 fully saturated rings. The van der Waals surface area contributed by atoms with E-state index in [1.54, 1.807) is 6.07 Å². The van der Waals surface area contributed by atoms with Gasteiger partial charge in [-0.25, -0.2) is 8.42 Å². The first-order valence-electron chi connectivity index (χ1n) is 7.75. The van der Waals surface area contributed by atoms with Crippen molar-refractivity contribution >= 4 is 21.6 Å². The van der Waals surface area contributed by atoms with E-state index < -0.39 is 21.6 Å². The van der Waals surface area contributed by atoms with Crippen LogP contribution in [0.15, 0.2) is 18.2 Å². The zero-order valence-electron chi connectivity index (χ0n) is 15.1. The average Bonchev–Trinajstić information content (AvgIpc) is 2.35. The van der Waals surface area contributed by atoms with E-state index in [9.17, 15) is 13.2 Å². The van der Waals surface area contributed by atoms with Gasteiger partial charge in [0.05, 0.1) is 11.9 Å². The zero-order chi connectivity index (χ0) is 18.0. The lowest BCUT2D eigenvalue weighted by Gasteiger charge is -2.33. The van der Waals surface area contributed by atoms with Crippen LogP contribution in [0.3, 0.4) is 0 Å². The molecule has 0 heterocycles. The van der Waals surface area contributed by atoms with Crippen LogP contribution in [0.25, 0.3) is 0 Å². The number of nitrogens with one attached hydrogen (secondary N) is 1. The van der Waals surface area contributed by atoms with Gasteiger partial charge in [0.2, 0.25) is 15.9 Å². The minimum atomic E-state index is -3.59. The lowest BCUT2D eigenvalue weighted by Crippen LogP contribution is -2.53. The highest BCUT2D eigenvalue weighted by molar-refractivity contribution is 7.92. The number of rotatable bonds is 5. The van der Waals surface area contributed by atoms with Crippen molar-refractivity contribution in [1.29, 1.82) is 0 Å². The minimum absolute atomic E-state index is 0.288. The normalized spacial score (nSPS) is 13.5. The number of anilines is 1. The predicted octanol–water partition coefficient (Wildman–Crippen LogP) is 2.76. The van der Waals surface area contributed by atoms with Crippen LogP contribution in [0.1, 0.15) is 45.2 Å². The SMILES string of the molecule is CCC(C(=O)NC(C)(C)C)N(c1ccc(C)c(C)c1)S(C)(=O)=O. The molecule has 0 radical (unpaired) electrons. The van der Waals surface area contributed by atoms with Crippen LogP contribution in [-0.4, -0.2) is 32.2 Å². The molecule has 1 aromatic rings. The van der Waals surface area contributed by atoms with Crippen LogP contribution in [-0.2, 0) is 14.8 Å². The molecule has 1 unspecified atom stereocenters. The fourth-order valence-electron chi connectivity index (χ4n) is 2.38. The van der Waals surface area contributed by atoms with Crippen molar-refractivity contribution in [2.45, 2.75) is 59.5 Å². The molecule has 0 spiro atoms. The first kappa shape index (κ1) is 19.5. The summed E-state index contributed by atoms with van der Waals surface area (Å²) in [6.45, 7) is 11.3. The molecule has 0 aliphatic carbocycles. The Kier molecular flexibility index (Phi) is 5.85. The van der Waals surface area contributed by atoms with E-state index in [0.717, 1.165) is 17.4 Å². The first-order valence-corrected chi connectivity index (χ1v) is 9.60. The summed E-state index contributed by atoms with van der Waals surface area (Å²) in [5, 5.41) is 2.87. The van der Waals surface area contributed by atoms with Gasteiger partial charge in [-0.2, -0.15) is 0 Å². The summed E-state index contributed by atoms with van der Waals surface area (Å²) in [6, 6.07) is 4.66. The molecule has 1 aromatic carbocycles. The van der Waals surface area contributed by atoms with Gasteiger partial charge in [-0.1, -0.05) is 13.0 Å². The van der Waals surface area contributed by atoms with E-state index in [1.165, 1.54) is 4.31 Å². The lowest BCUT2D eigenvalue weighted by molar-refractivity contribution is -0.123. The molecule has 5 nitrogen and oxygen atoms in total. The van der Waals surface area contributed by atoms with Gasteiger partial charge >= 0.3 is 0 Å². The highest BCUT2D eigenvalue weighted by atomic mass is 32.2. The monoisotopic (exact) mass is 340 g/mol. The molecule has 1 rings (SSSR count). The van der Waals surface area contributed by atoms with Gasteiger partial charge in [-0.05, 0) is 64.3 Å². The van der Waals surface area contributed by atoms with E-state index in [2.05, 4.69) is 5.32 Å². The molecule has 1 atom stereocenters. The molecule has 130 valence electrons. The maximum atomic E-state index is 12.6. The maximum absolute atomic E-state index is 12.6. The zero-order valence-corrected chi connectivity index (χ0v) is 15.9. The third kappa shape index (κ3) is 5.23. The molecular weight excluding hydrogens is 312 g/mol. The summed E-state index contributed by atoms with van der Waals surface area (Å²) >= 11 is 0. The van der Waals surface area contributed by atoms with Crippen LogP contribution in [0.5, 0.6) is 0 Å². The van der Waals surface area contributed by atoms with Crippen molar-refractivity contribution < 1.29 is 13.2 Å². The summed E-state index contributed by atoms with van der Waals surface area (Å²) in [7, 11) is -3.59. The van der Waals surface area contributed by atoms with Crippen molar-refractivity contribution in [2.24, 2.45) is 0 Å². The van der Waals surface area contributed by atoms with E-state index in [4.69, 9.17) is 0 Å². The van der Waals surface area contributed by atoms with Crippen molar-refractivity contribution in [3.63, 3.8) is 0 Å². The molecule has 23 heavy (non-hydrogen) atoms. The molecule has 0 aliphatic heterocycles. The summed E-state index contributed by atoms with van der Waals surface area (Å²) < 4.78 is 25.9. The number of hydrogen-bond acceptors (Lipinski definition) is 3. The van der Waals surface area contributed by atoms with E-state index in [1.807, 2.05) is 53.7 Å². The Morgan fingerprint density at radius 3 is 2.17 bits per heavy atom. The van der Waals surface area contributed by atoms with Crippen LogP contribution in [0, 0.1) is 13.8 Å². The molecule has 6 heteroatoms. The number of amides is 1. The number of benzene rings is 1. The number of carbonyl (C=O) groups is 1. The second-order valence-corrected chi connectivity index (χ2v) is 8.85. The van der Waals surface area contributed by atoms with Gasteiger partial charge in [0.25, 0.3) is 0 Å². The second-order valence-electron chi connectivity index (χ2n) is 6.99. The second kappa shape index (κ2) is 6.91. The van der Waals surface area contributed by atoms with Gasteiger partial charge in [0.15, 0.2) is 0 Å². The molecule has 0 aliphatic rings.